The van der Waals surface area contributed by atoms with Crippen molar-refractivity contribution in [3.63, 3.8) is 0 Å². The molecule has 9 heteroatoms. The summed E-state index contributed by atoms with van der Waals surface area (Å²) >= 11 is 1.28. The van der Waals surface area contributed by atoms with E-state index in [1.54, 1.807) is 13.0 Å². The van der Waals surface area contributed by atoms with Crippen LogP contribution >= 0.6 is 11.8 Å². The molecule has 2 atom stereocenters. The zero-order valence-corrected chi connectivity index (χ0v) is 15.4. The maximum atomic E-state index is 12.0. The Kier molecular flexibility index (Phi) is 7.02. The van der Waals surface area contributed by atoms with Crippen molar-refractivity contribution in [2.45, 2.75) is 36.5 Å². The summed E-state index contributed by atoms with van der Waals surface area (Å²) in [6.07, 6.45) is -0.149. The van der Waals surface area contributed by atoms with Crippen LogP contribution in [0, 0.1) is 0 Å². The van der Waals surface area contributed by atoms with Gasteiger partial charge >= 0.3 is 5.97 Å². The molecule has 0 saturated carbocycles. The number of amides is 3. The van der Waals surface area contributed by atoms with Crippen molar-refractivity contribution < 1.29 is 23.9 Å². The number of benzene rings is 1. The lowest BCUT2D eigenvalue weighted by Gasteiger charge is -2.23. The van der Waals surface area contributed by atoms with Gasteiger partial charge in [0, 0.05) is 11.4 Å². The number of thioether (sulfide) groups is 1. The topological polar surface area (TPSA) is 114 Å². The molecule has 2 rings (SSSR count). The molecular formula is C17H21N3O5S. The predicted molar refractivity (Wildman–Crippen MR) is 96.6 cm³/mol. The second-order valence-corrected chi connectivity index (χ2v) is 6.89. The van der Waals surface area contributed by atoms with Crippen molar-refractivity contribution in [2.24, 2.45) is 0 Å². The summed E-state index contributed by atoms with van der Waals surface area (Å²) in [5.41, 5.74) is 0.714. The molecule has 0 spiro atoms. The number of esters is 1. The molecule has 1 aromatic rings. The summed E-state index contributed by atoms with van der Waals surface area (Å²) in [5.74, 6) is -1.83. The molecule has 0 aromatic heterocycles. The molecule has 3 N–H and O–H groups in total. The van der Waals surface area contributed by atoms with Crippen molar-refractivity contribution in [3.8, 4) is 0 Å². The van der Waals surface area contributed by atoms with Gasteiger partial charge in [-0.1, -0.05) is 12.1 Å². The third-order valence-corrected chi connectivity index (χ3v) is 4.82. The van der Waals surface area contributed by atoms with Gasteiger partial charge in [0.25, 0.3) is 5.91 Å². The van der Waals surface area contributed by atoms with Crippen LogP contribution in [0.1, 0.15) is 20.3 Å². The summed E-state index contributed by atoms with van der Waals surface area (Å²) in [5, 5.41) is 7.13. The summed E-state index contributed by atoms with van der Waals surface area (Å²) in [6.45, 7) is 3.26. The van der Waals surface area contributed by atoms with Gasteiger partial charge in [-0.15, -0.1) is 11.8 Å². The first-order valence-corrected chi connectivity index (χ1v) is 9.08. The molecule has 140 valence electrons. The fourth-order valence-electron chi connectivity index (χ4n) is 2.26. The molecule has 0 unspecified atom stereocenters. The zero-order valence-electron chi connectivity index (χ0n) is 14.5. The van der Waals surface area contributed by atoms with Crippen molar-refractivity contribution in [2.75, 3.05) is 18.5 Å². The summed E-state index contributed by atoms with van der Waals surface area (Å²) in [7, 11) is 0. The number of nitrogens with one attached hydrogen (secondary N) is 3. The van der Waals surface area contributed by atoms with Gasteiger partial charge in [-0.2, -0.15) is 0 Å². The SMILES string of the molecule is CCNC(=O)[C@@H](C)NC(=O)COC(=O)C[C@H]1Sc2ccccc2NC1=O. The number of likely N-dealkylation sites (N-methyl/N-ethyl adjacent to an activating group) is 1. The molecule has 1 aliphatic rings. The van der Waals surface area contributed by atoms with Gasteiger partial charge in [-0.25, -0.2) is 0 Å². The van der Waals surface area contributed by atoms with Gasteiger partial charge < -0.3 is 20.7 Å². The second kappa shape index (κ2) is 9.23. The lowest BCUT2D eigenvalue weighted by Crippen LogP contribution is -2.46. The molecule has 0 radical (unpaired) electrons. The number of carbonyl (C=O) groups excluding carboxylic acids is 4. The Hall–Kier alpha value is -2.55. The minimum absolute atomic E-state index is 0.149. The highest BCUT2D eigenvalue weighted by Crippen LogP contribution is 2.36. The Bertz CT molecular complexity index is 709. The summed E-state index contributed by atoms with van der Waals surface area (Å²) < 4.78 is 4.91. The van der Waals surface area contributed by atoms with Gasteiger partial charge in [0.1, 0.15) is 6.04 Å². The first-order chi connectivity index (χ1) is 12.4. The molecule has 0 fully saturated rings. The van der Waals surface area contributed by atoms with E-state index in [2.05, 4.69) is 16.0 Å². The van der Waals surface area contributed by atoms with Gasteiger partial charge in [0.15, 0.2) is 6.61 Å². The minimum atomic E-state index is -0.725. The van der Waals surface area contributed by atoms with Crippen LogP contribution in [-0.2, 0) is 23.9 Å². The van der Waals surface area contributed by atoms with E-state index in [4.69, 9.17) is 4.74 Å². The molecule has 3 amide bonds. The number of hydrogen-bond acceptors (Lipinski definition) is 6. The Morgan fingerprint density at radius 2 is 2.04 bits per heavy atom. The van der Waals surface area contributed by atoms with Gasteiger partial charge in [-0.05, 0) is 26.0 Å². The summed E-state index contributed by atoms with van der Waals surface area (Å²) in [6, 6.07) is 6.58. The average molecular weight is 379 g/mol. The molecule has 0 saturated heterocycles. The Labute approximate surface area is 155 Å². The number of ether oxygens (including phenoxy) is 1. The Morgan fingerprint density at radius 1 is 1.31 bits per heavy atom. The first kappa shape index (κ1) is 19.8. The van der Waals surface area contributed by atoms with Gasteiger partial charge in [0.2, 0.25) is 11.8 Å². The van der Waals surface area contributed by atoms with Crippen molar-refractivity contribution in [1.82, 2.24) is 10.6 Å². The molecule has 0 aliphatic carbocycles. The zero-order chi connectivity index (χ0) is 19.1. The lowest BCUT2D eigenvalue weighted by atomic mass is 10.2. The number of para-hydroxylation sites is 1. The number of rotatable bonds is 7. The van der Waals surface area contributed by atoms with E-state index in [0.29, 0.717) is 12.2 Å². The third kappa shape index (κ3) is 5.48. The van der Waals surface area contributed by atoms with E-state index in [1.807, 2.05) is 18.2 Å². The number of carbonyl (C=O) groups is 4. The normalized spacial score (nSPS) is 16.7. The van der Waals surface area contributed by atoms with Crippen LogP contribution in [0.3, 0.4) is 0 Å². The van der Waals surface area contributed by atoms with E-state index in [1.165, 1.54) is 18.7 Å². The molecule has 1 aliphatic heterocycles. The van der Waals surface area contributed by atoms with E-state index in [9.17, 15) is 19.2 Å². The first-order valence-electron chi connectivity index (χ1n) is 8.20. The fraction of sp³-hybridized carbons (Fsp3) is 0.412. The Morgan fingerprint density at radius 3 is 2.77 bits per heavy atom. The smallest absolute Gasteiger partial charge is 0.307 e. The molecule has 26 heavy (non-hydrogen) atoms. The van der Waals surface area contributed by atoms with Gasteiger partial charge in [0.05, 0.1) is 17.4 Å². The van der Waals surface area contributed by atoms with Crippen molar-refractivity contribution in [1.29, 1.82) is 0 Å². The van der Waals surface area contributed by atoms with Crippen LogP contribution in [0.25, 0.3) is 0 Å². The largest absolute Gasteiger partial charge is 0.456 e. The van der Waals surface area contributed by atoms with Crippen LogP contribution in [0.2, 0.25) is 0 Å². The van der Waals surface area contributed by atoms with Crippen molar-refractivity contribution >= 4 is 41.1 Å². The second-order valence-electron chi connectivity index (χ2n) is 5.64. The molecule has 1 aromatic carbocycles. The maximum Gasteiger partial charge on any atom is 0.307 e. The molecule has 8 nitrogen and oxygen atoms in total. The molecule has 1 heterocycles. The van der Waals surface area contributed by atoms with E-state index in [-0.39, 0.29) is 18.2 Å². The van der Waals surface area contributed by atoms with Crippen molar-refractivity contribution in [3.05, 3.63) is 24.3 Å². The third-order valence-electron chi connectivity index (χ3n) is 3.54. The molecular weight excluding hydrogens is 358 g/mol. The summed E-state index contributed by atoms with van der Waals surface area (Å²) in [4.78, 5) is 48.1. The van der Waals surface area contributed by atoms with Crippen LogP contribution in [0.5, 0.6) is 0 Å². The lowest BCUT2D eigenvalue weighted by molar-refractivity contribution is -0.149. The fourth-order valence-corrected chi connectivity index (χ4v) is 3.35. The number of fused-ring (bicyclic) bond motifs is 1. The highest BCUT2D eigenvalue weighted by Gasteiger charge is 2.29. The minimum Gasteiger partial charge on any atom is -0.456 e. The Balaban J connectivity index is 1.78. The van der Waals surface area contributed by atoms with Gasteiger partial charge in [-0.3, -0.25) is 19.2 Å². The van der Waals surface area contributed by atoms with Crippen LogP contribution in [-0.4, -0.2) is 48.1 Å². The standard InChI is InChI=1S/C17H21N3O5S/c1-3-18-16(23)10(2)19-14(21)9-25-15(22)8-13-17(24)20-11-6-4-5-7-12(11)26-13/h4-7,10,13H,3,8-9H2,1-2H3,(H,18,23)(H,19,21)(H,20,24)/t10-,13-/m1/s1. The average Bonchev–Trinajstić information content (AvgIpc) is 2.60. The van der Waals surface area contributed by atoms with Crippen LogP contribution < -0.4 is 16.0 Å². The highest BCUT2D eigenvalue weighted by molar-refractivity contribution is 8.01. The number of anilines is 1. The predicted octanol–water partition coefficient (Wildman–Crippen LogP) is 0.673. The van der Waals surface area contributed by atoms with E-state index >= 15 is 0 Å². The van der Waals surface area contributed by atoms with Crippen LogP contribution in [0.15, 0.2) is 29.2 Å². The van der Waals surface area contributed by atoms with E-state index in [0.717, 1.165) is 4.90 Å². The van der Waals surface area contributed by atoms with E-state index < -0.39 is 29.8 Å². The van der Waals surface area contributed by atoms with Crippen LogP contribution in [0.4, 0.5) is 5.69 Å². The maximum absolute atomic E-state index is 12.0. The highest BCUT2D eigenvalue weighted by atomic mass is 32.2. The molecule has 0 bridgehead atoms. The monoisotopic (exact) mass is 379 g/mol. The number of hydrogen-bond donors (Lipinski definition) is 3. The quantitative estimate of drug-likeness (QED) is 0.600.